The summed E-state index contributed by atoms with van der Waals surface area (Å²) in [7, 11) is -4.40. The molecule has 0 aromatic rings. The van der Waals surface area contributed by atoms with Gasteiger partial charge in [-0.3, -0.25) is 18.6 Å². The zero-order valence-electron chi connectivity index (χ0n) is 45.4. The summed E-state index contributed by atoms with van der Waals surface area (Å²) >= 11 is 0. The van der Waals surface area contributed by atoms with Gasteiger partial charge in [0.1, 0.15) is 6.61 Å². The van der Waals surface area contributed by atoms with Crippen LogP contribution in [0.1, 0.15) is 245 Å². The molecule has 0 aliphatic carbocycles. The Morgan fingerprint density at radius 3 is 1.11 bits per heavy atom. The number of esters is 2. The lowest BCUT2D eigenvalue weighted by atomic mass is 10.0. The Hall–Kier alpha value is -3.07. The molecule has 10 heteroatoms. The topological polar surface area (TPSA) is 134 Å². The van der Waals surface area contributed by atoms with Gasteiger partial charge in [-0.15, -0.1) is 0 Å². The van der Waals surface area contributed by atoms with Gasteiger partial charge in [0, 0.05) is 19.4 Å². The monoisotopic (exact) mass is 1010 g/mol. The minimum Gasteiger partial charge on any atom is -0.462 e. The quantitative estimate of drug-likeness (QED) is 0.0264. The average molecular weight is 1010 g/mol. The lowest BCUT2D eigenvalue weighted by Gasteiger charge is -2.19. The fourth-order valence-corrected chi connectivity index (χ4v) is 8.56. The molecule has 0 aliphatic heterocycles. The van der Waals surface area contributed by atoms with E-state index in [1.807, 2.05) is 0 Å². The molecule has 408 valence electrons. The number of hydrogen-bond acceptors (Lipinski definition) is 8. The SMILES string of the molecule is CC/C=C\C/C=C\C/C=C\C/C=C\CCCCCCCCCCCCCCCCCCCCCCCCC(=O)OC(COC(=O)CCCC/C=C\C/C=C\C/C=C\C/C=C\CC)COP(=O)(O)OCCN. The number of allylic oxidation sites excluding steroid dienone is 16. The van der Waals surface area contributed by atoms with E-state index in [4.69, 9.17) is 24.3 Å². The molecule has 0 aromatic heterocycles. The van der Waals surface area contributed by atoms with Gasteiger partial charge in [-0.05, 0) is 89.9 Å². The lowest BCUT2D eigenvalue weighted by molar-refractivity contribution is -0.161. The van der Waals surface area contributed by atoms with E-state index < -0.39 is 32.5 Å². The van der Waals surface area contributed by atoms with Gasteiger partial charge in [0.2, 0.25) is 0 Å². The summed E-state index contributed by atoms with van der Waals surface area (Å²) in [6.45, 7) is 3.47. The van der Waals surface area contributed by atoms with Crippen LogP contribution in [0.5, 0.6) is 0 Å². The number of carbonyl (C=O) groups is 2. The fraction of sp³-hybridized carbons (Fsp3) is 0.705. The molecule has 0 aliphatic rings. The van der Waals surface area contributed by atoms with Gasteiger partial charge in [-0.25, -0.2) is 4.57 Å². The van der Waals surface area contributed by atoms with Crippen molar-refractivity contribution in [3.05, 3.63) is 97.2 Å². The highest BCUT2D eigenvalue weighted by atomic mass is 31.2. The Balaban J connectivity index is 3.88. The lowest BCUT2D eigenvalue weighted by Crippen LogP contribution is -2.29. The van der Waals surface area contributed by atoms with Gasteiger partial charge in [-0.2, -0.15) is 0 Å². The smallest absolute Gasteiger partial charge is 0.462 e. The number of nitrogens with two attached hydrogens (primary N) is 1. The molecular weight excluding hydrogens is 906 g/mol. The summed E-state index contributed by atoms with van der Waals surface area (Å²) in [4.78, 5) is 35.1. The second-order valence-electron chi connectivity index (χ2n) is 18.7. The van der Waals surface area contributed by atoms with E-state index in [0.717, 1.165) is 83.5 Å². The third-order valence-electron chi connectivity index (χ3n) is 12.0. The number of rotatable bonds is 53. The van der Waals surface area contributed by atoms with Gasteiger partial charge in [-0.1, -0.05) is 239 Å². The minimum atomic E-state index is -4.40. The normalized spacial score (nSPS) is 13.8. The van der Waals surface area contributed by atoms with E-state index in [9.17, 15) is 19.0 Å². The standard InChI is InChI=1S/C61H106NO8P/c1-3-5-7-9-11-13-15-17-19-20-21-22-23-24-25-26-27-28-29-30-31-32-33-34-35-36-37-38-40-42-44-46-48-50-52-54-61(64)70-59(58-69-71(65,66)68-56-55-62)57-67-60(63)53-51-49-47-45-43-41-39-18-16-14-12-10-8-6-4-2/h5-8,11-14,17-19,21-22,39,43,45,59H,3-4,9-10,15-16,20,23-38,40-42,44,46-58,62H2,1-2H3,(H,65,66)/b7-5-,8-6-,13-11-,14-12-,19-17-,22-21-,39-18-,45-43-. The van der Waals surface area contributed by atoms with Crippen LogP contribution in [0.4, 0.5) is 0 Å². The predicted octanol–water partition coefficient (Wildman–Crippen LogP) is 18.1. The number of hydrogen-bond donors (Lipinski definition) is 2. The first kappa shape index (κ1) is 67.9. The molecule has 0 spiro atoms. The van der Waals surface area contributed by atoms with Crippen LogP contribution in [-0.4, -0.2) is 49.3 Å². The van der Waals surface area contributed by atoms with Gasteiger partial charge in [0.15, 0.2) is 6.10 Å². The molecule has 0 saturated carbocycles. The summed E-state index contributed by atoms with van der Waals surface area (Å²) in [6.07, 6.45) is 74.9. The van der Waals surface area contributed by atoms with Gasteiger partial charge in [0.05, 0.1) is 13.2 Å². The van der Waals surface area contributed by atoms with Crippen LogP contribution in [0.3, 0.4) is 0 Å². The molecule has 71 heavy (non-hydrogen) atoms. The summed E-state index contributed by atoms with van der Waals surface area (Å²) in [5.74, 6) is -0.874. The van der Waals surface area contributed by atoms with Crippen molar-refractivity contribution >= 4 is 19.8 Å². The molecular formula is C61H106NO8P. The van der Waals surface area contributed by atoms with Crippen LogP contribution in [0.2, 0.25) is 0 Å². The van der Waals surface area contributed by atoms with Crippen molar-refractivity contribution in [3.8, 4) is 0 Å². The number of phosphoric acid groups is 1. The van der Waals surface area contributed by atoms with Gasteiger partial charge >= 0.3 is 19.8 Å². The molecule has 0 amide bonds. The van der Waals surface area contributed by atoms with Crippen LogP contribution in [-0.2, 0) is 32.7 Å². The van der Waals surface area contributed by atoms with Crippen molar-refractivity contribution < 1.29 is 37.6 Å². The van der Waals surface area contributed by atoms with Crippen molar-refractivity contribution in [3.63, 3.8) is 0 Å². The van der Waals surface area contributed by atoms with Gasteiger partial charge in [0.25, 0.3) is 0 Å². The first-order chi connectivity index (χ1) is 34.8. The van der Waals surface area contributed by atoms with Crippen LogP contribution in [0.25, 0.3) is 0 Å². The van der Waals surface area contributed by atoms with Crippen molar-refractivity contribution in [2.24, 2.45) is 5.73 Å². The summed E-state index contributed by atoms with van der Waals surface area (Å²) in [5, 5.41) is 0. The first-order valence-corrected chi connectivity index (χ1v) is 30.2. The molecule has 2 unspecified atom stereocenters. The van der Waals surface area contributed by atoms with Gasteiger partial charge < -0.3 is 20.1 Å². The Kier molecular flexibility index (Phi) is 53.8. The van der Waals surface area contributed by atoms with Crippen molar-refractivity contribution in [2.45, 2.75) is 251 Å². The van der Waals surface area contributed by atoms with Crippen molar-refractivity contribution in [1.29, 1.82) is 0 Å². The van der Waals surface area contributed by atoms with Crippen LogP contribution in [0, 0.1) is 0 Å². The molecule has 0 radical (unpaired) electrons. The number of unbranched alkanes of at least 4 members (excludes halogenated alkanes) is 24. The summed E-state index contributed by atoms with van der Waals surface area (Å²) < 4.78 is 32.9. The third kappa shape index (κ3) is 56.1. The zero-order valence-corrected chi connectivity index (χ0v) is 46.3. The van der Waals surface area contributed by atoms with Crippen LogP contribution >= 0.6 is 7.82 Å². The average Bonchev–Trinajstić information content (AvgIpc) is 3.36. The first-order valence-electron chi connectivity index (χ1n) is 28.7. The molecule has 0 fully saturated rings. The largest absolute Gasteiger partial charge is 0.472 e. The Labute approximate surface area is 436 Å². The molecule has 3 N–H and O–H groups in total. The Morgan fingerprint density at radius 2 is 0.732 bits per heavy atom. The maximum Gasteiger partial charge on any atom is 0.472 e. The number of phosphoric ester groups is 1. The summed E-state index contributed by atoms with van der Waals surface area (Å²) in [6, 6.07) is 0. The van der Waals surface area contributed by atoms with E-state index in [0.29, 0.717) is 12.8 Å². The maximum absolute atomic E-state index is 12.7. The Bertz CT molecular complexity index is 1480. The van der Waals surface area contributed by atoms with E-state index in [-0.39, 0.29) is 32.6 Å². The molecule has 0 aromatic carbocycles. The zero-order chi connectivity index (χ0) is 51.7. The highest BCUT2D eigenvalue weighted by Crippen LogP contribution is 2.43. The minimum absolute atomic E-state index is 0.0449. The molecule has 0 bridgehead atoms. The second-order valence-corrected chi connectivity index (χ2v) is 20.2. The van der Waals surface area contributed by atoms with E-state index in [2.05, 4.69) is 111 Å². The molecule has 9 nitrogen and oxygen atoms in total. The number of carbonyl (C=O) groups excluding carboxylic acids is 2. The highest BCUT2D eigenvalue weighted by Gasteiger charge is 2.26. The van der Waals surface area contributed by atoms with Crippen LogP contribution < -0.4 is 5.73 Å². The van der Waals surface area contributed by atoms with Crippen molar-refractivity contribution in [2.75, 3.05) is 26.4 Å². The third-order valence-corrected chi connectivity index (χ3v) is 12.9. The maximum atomic E-state index is 12.7. The van der Waals surface area contributed by atoms with E-state index >= 15 is 0 Å². The van der Waals surface area contributed by atoms with E-state index in [1.165, 1.54) is 122 Å². The van der Waals surface area contributed by atoms with Crippen molar-refractivity contribution in [1.82, 2.24) is 0 Å². The molecule has 0 saturated heterocycles. The molecule has 2 atom stereocenters. The molecule has 0 heterocycles. The fourth-order valence-electron chi connectivity index (χ4n) is 7.80. The summed E-state index contributed by atoms with van der Waals surface area (Å²) in [5.41, 5.74) is 5.37. The highest BCUT2D eigenvalue weighted by molar-refractivity contribution is 7.47. The van der Waals surface area contributed by atoms with Crippen LogP contribution in [0.15, 0.2) is 97.2 Å². The second kappa shape index (κ2) is 56.2. The Morgan fingerprint density at radius 1 is 0.423 bits per heavy atom. The number of ether oxygens (including phenoxy) is 2. The predicted molar refractivity (Wildman–Crippen MR) is 302 cm³/mol. The van der Waals surface area contributed by atoms with E-state index in [1.54, 1.807) is 0 Å². The molecule has 0 rings (SSSR count).